The fourth-order valence-electron chi connectivity index (χ4n) is 2.98. The molecular weight excluding hydrogens is 354 g/mol. The van der Waals surface area contributed by atoms with E-state index in [4.69, 9.17) is 4.74 Å². The highest BCUT2D eigenvalue weighted by Crippen LogP contribution is 2.31. The van der Waals surface area contributed by atoms with E-state index in [2.05, 4.69) is 5.32 Å². The summed E-state index contributed by atoms with van der Waals surface area (Å²) in [6.07, 6.45) is 0.0632. The number of imide groups is 1. The Bertz CT molecular complexity index is 913. The Labute approximate surface area is 165 Å². The Morgan fingerprint density at radius 2 is 1.54 bits per heavy atom. The van der Waals surface area contributed by atoms with Crippen LogP contribution in [0.4, 0.5) is 11.4 Å². The van der Waals surface area contributed by atoms with E-state index in [1.807, 2.05) is 69.2 Å². The van der Waals surface area contributed by atoms with Gasteiger partial charge in [-0.2, -0.15) is 0 Å². The van der Waals surface area contributed by atoms with Crippen molar-refractivity contribution in [3.05, 3.63) is 59.8 Å². The monoisotopic (exact) mass is 379 g/mol. The zero-order chi connectivity index (χ0) is 20.4. The van der Waals surface area contributed by atoms with Crippen LogP contribution in [0.1, 0.15) is 19.4 Å². The number of benzene rings is 2. The number of hydrogen-bond acceptors (Lipinski definition) is 5. The van der Waals surface area contributed by atoms with Gasteiger partial charge in [-0.05, 0) is 55.8 Å². The van der Waals surface area contributed by atoms with E-state index in [-0.39, 0.29) is 23.6 Å². The number of anilines is 2. The summed E-state index contributed by atoms with van der Waals surface area (Å²) in [7, 11) is 5.42. The first kappa shape index (κ1) is 19.5. The number of carbonyl (C=O) groups excluding carboxylic acids is 2. The van der Waals surface area contributed by atoms with E-state index in [9.17, 15) is 9.59 Å². The number of carbonyl (C=O) groups is 2. The molecule has 0 atom stereocenters. The number of likely N-dealkylation sites (N-methyl/N-ethyl adjacent to an activating group) is 1. The maximum atomic E-state index is 12.7. The fourth-order valence-corrected chi connectivity index (χ4v) is 2.98. The van der Waals surface area contributed by atoms with Crippen LogP contribution in [0.5, 0.6) is 5.75 Å². The van der Waals surface area contributed by atoms with Crippen LogP contribution in [0.25, 0.3) is 5.57 Å². The molecule has 2 aromatic rings. The number of nitrogens with one attached hydrogen (secondary N) is 1. The summed E-state index contributed by atoms with van der Waals surface area (Å²) in [4.78, 5) is 28.5. The summed E-state index contributed by atoms with van der Waals surface area (Å²) in [6.45, 7) is 3.91. The van der Waals surface area contributed by atoms with Gasteiger partial charge < -0.3 is 15.0 Å². The standard InChI is InChI=1S/C22H25N3O3/c1-14(2)28-18-12-6-15(7-13-18)19-20(22(27)25(5)21(19)26)23-16-8-10-17(11-9-16)24(3)4/h6-14,23H,1-5H3. The summed E-state index contributed by atoms with van der Waals surface area (Å²) in [5.41, 5.74) is 3.11. The van der Waals surface area contributed by atoms with Crippen LogP contribution in [0.2, 0.25) is 0 Å². The average Bonchev–Trinajstić information content (AvgIpc) is 2.86. The molecule has 0 saturated carbocycles. The molecule has 0 aliphatic carbocycles. The third kappa shape index (κ3) is 3.86. The molecule has 0 aromatic heterocycles. The maximum Gasteiger partial charge on any atom is 0.277 e. The molecule has 28 heavy (non-hydrogen) atoms. The first-order valence-corrected chi connectivity index (χ1v) is 9.16. The largest absolute Gasteiger partial charge is 0.491 e. The quantitative estimate of drug-likeness (QED) is 0.780. The van der Waals surface area contributed by atoms with Crippen molar-refractivity contribution >= 4 is 28.8 Å². The van der Waals surface area contributed by atoms with E-state index in [0.717, 1.165) is 22.0 Å². The second kappa shape index (κ2) is 7.76. The number of ether oxygens (including phenoxy) is 1. The highest BCUT2D eigenvalue weighted by molar-refractivity contribution is 6.36. The van der Waals surface area contributed by atoms with E-state index in [1.165, 1.54) is 7.05 Å². The number of hydrogen-bond donors (Lipinski definition) is 1. The van der Waals surface area contributed by atoms with E-state index >= 15 is 0 Å². The van der Waals surface area contributed by atoms with Gasteiger partial charge in [0.25, 0.3) is 11.8 Å². The average molecular weight is 379 g/mol. The summed E-state index contributed by atoms with van der Waals surface area (Å²) >= 11 is 0. The summed E-state index contributed by atoms with van der Waals surface area (Å²) in [5.74, 6) is 0.0485. The smallest absolute Gasteiger partial charge is 0.277 e. The summed E-state index contributed by atoms with van der Waals surface area (Å²) in [6, 6.07) is 14.9. The fraction of sp³-hybridized carbons (Fsp3) is 0.273. The van der Waals surface area contributed by atoms with Gasteiger partial charge in [0.15, 0.2) is 0 Å². The molecule has 0 radical (unpaired) electrons. The molecule has 146 valence electrons. The van der Waals surface area contributed by atoms with Crippen LogP contribution in [-0.4, -0.2) is 44.0 Å². The van der Waals surface area contributed by atoms with Gasteiger partial charge in [0.2, 0.25) is 0 Å². The molecular formula is C22H25N3O3. The van der Waals surface area contributed by atoms with Crippen LogP contribution in [0, 0.1) is 0 Å². The third-order valence-electron chi connectivity index (χ3n) is 4.45. The van der Waals surface area contributed by atoms with Crippen molar-refractivity contribution in [3.8, 4) is 5.75 Å². The van der Waals surface area contributed by atoms with Gasteiger partial charge in [0.1, 0.15) is 11.4 Å². The van der Waals surface area contributed by atoms with Crippen LogP contribution in [0.15, 0.2) is 54.2 Å². The SMILES string of the molecule is CC(C)Oc1ccc(C2=C(Nc3ccc(N(C)C)cc3)C(=O)N(C)C2=O)cc1. The van der Waals surface area contributed by atoms with E-state index < -0.39 is 0 Å². The van der Waals surface area contributed by atoms with Crippen molar-refractivity contribution in [2.24, 2.45) is 0 Å². The van der Waals surface area contributed by atoms with Gasteiger partial charge >= 0.3 is 0 Å². The van der Waals surface area contributed by atoms with Crippen molar-refractivity contribution in [3.63, 3.8) is 0 Å². The lowest BCUT2D eigenvalue weighted by Crippen LogP contribution is -2.27. The minimum atomic E-state index is -0.348. The predicted octanol–water partition coefficient (Wildman–Crippen LogP) is 3.36. The molecule has 6 heteroatoms. The minimum absolute atomic E-state index is 0.0632. The maximum absolute atomic E-state index is 12.7. The predicted molar refractivity (Wildman–Crippen MR) is 111 cm³/mol. The molecule has 0 fully saturated rings. The van der Waals surface area contributed by atoms with Crippen LogP contribution >= 0.6 is 0 Å². The molecule has 0 bridgehead atoms. The normalized spacial score (nSPS) is 14.1. The topological polar surface area (TPSA) is 61.9 Å². The minimum Gasteiger partial charge on any atom is -0.491 e. The van der Waals surface area contributed by atoms with Gasteiger partial charge in [-0.15, -0.1) is 0 Å². The molecule has 0 saturated heterocycles. The van der Waals surface area contributed by atoms with Gasteiger partial charge in [-0.25, -0.2) is 0 Å². The van der Waals surface area contributed by atoms with Crippen molar-refractivity contribution in [1.29, 1.82) is 0 Å². The Morgan fingerprint density at radius 3 is 2.07 bits per heavy atom. The van der Waals surface area contributed by atoms with Crippen LogP contribution in [-0.2, 0) is 9.59 Å². The van der Waals surface area contributed by atoms with Gasteiger partial charge in [0, 0.05) is 32.5 Å². The van der Waals surface area contributed by atoms with Gasteiger partial charge in [-0.1, -0.05) is 12.1 Å². The molecule has 2 aromatic carbocycles. The lowest BCUT2D eigenvalue weighted by Gasteiger charge is -2.14. The van der Waals surface area contributed by atoms with Crippen molar-refractivity contribution < 1.29 is 14.3 Å². The molecule has 6 nitrogen and oxygen atoms in total. The van der Waals surface area contributed by atoms with Crippen molar-refractivity contribution in [1.82, 2.24) is 4.90 Å². The molecule has 0 unspecified atom stereocenters. The highest BCUT2D eigenvalue weighted by Gasteiger charge is 2.36. The molecule has 2 amide bonds. The number of nitrogens with zero attached hydrogens (tertiary/aromatic N) is 2. The summed E-state index contributed by atoms with van der Waals surface area (Å²) in [5, 5.41) is 3.13. The first-order valence-electron chi connectivity index (χ1n) is 9.16. The molecule has 3 rings (SSSR count). The Hall–Kier alpha value is -3.28. The molecule has 1 N–H and O–H groups in total. The Kier molecular flexibility index (Phi) is 5.40. The van der Waals surface area contributed by atoms with Gasteiger partial charge in [0.05, 0.1) is 11.7 Å². The van der Waals surface area contributed by atoms with Crippen molar-refractivity contribution in [2.75, 3.05) is 31.4 Å². The number of amides is 2. The Morgan fingerprint density at radius 1 is 0.929 bits per heavy atom. The second-order valence-electron chi connectivity index (χ2n) is 7.18. The van der Waals surface area contributed by atoms with Gasteiger partial charge in [-0.3, -0.25) is 14.5 Å². The molecule has 0 spiro atoms. The van der Waals surface area contributed by atoms with Crippen molar-refractivity contribution in [2.45, 2.75) is 20.0 Å². The first-order chi connectivity index (χ1) is 13.3. The van der Waals surface area contributed by atoms with Crippen LogP contribution < -0.4 is 15.0 Å². The zero-order valence-electron chi connectivity index (χ0n) is 16.8. The summed E-state index contributed by atoms with van der Waals surface area (Å²) < 4.78 is 5.66. The van der Waals surface area contributed by atoms with E-state index in [1.54, 1.807) is 12.1 Å². The molecule has 1 aliphatic heterocycles. The second-order valence-corrected chi connectivity index (χ2v) is 7.18. The Balaban J connectivity index is 1.95. The number of rotatable bonds is 6. The molecule has 1 heterocycles. The van der Waals surface area contributed by atoms with E-state index in [0.29, 0.717) is 11.1 Å². The third-order valence-corrected chi connectivity index (χ3v) is 4.45. The van der Waals surface area contributed by atoms with Crippen LogP contribution in [0.3, 0.4) is 0 Å². The highest BCUT2D eigenvalue weighted by atomic mass is 16.5. The lowest BCUT2D eigenvalue weighted by molar-refractivity contribution is -0.135. The molecule has 1 aliphatic rings. The lowest BCUT2D eigenvalue weighted by atomic mass is 10.0. The zero-order valence-corrected chi connectivity index (χ0v) is 16.8.